The number of hydrogen-bond donors (Lipinski definition) is 0. The second kappa shape index (κ2) is 44.9. The first-order valence-electron chi connectivity index (χ1n) is 25.8. The highest BCUT2D eigenvalue weighted by molar-refractivity contribution is 5.71. The number of hydrogen-bond acceptors (Lipinski definition) is 6. The lowest BCUT2D eigenvalue weighted by molar-refractivity contribution is -0.167. The van der Waals surface area contributed by atoms with Crippen LogP contribution in [0.2, 0.25) is 0 Å². The Bertz CT molecular complexity index is 887. The molecule has 344 valence electrons. The Labute approximate surface area is 361 Å². The van der Waals surface area contributed by atoms with Crippen molar-refractivity contribution in [3.8, 4) is 0 Å². The Balaban J connectivity index is 4.33. The Morgan fingerprint density at radius 3 is 0.983 bits per heavy atom. The van der Waals surface area contributed by atoms with E-state index in [1.807, 2.05) is 0 Å². The molecule has 0 saturated carbocycles. The molecule has 0 aliphatic heterocycles. The molecule has 0 spiro atoms. The molecule has 0 rings (SSSR count). The van der Waals surface area contributed by atoms with Crippen molar-refractivity contribution in [1.82, 2.24) is 0 Å². The van der Waals surface area contributed by atoms with Gasteiger partial charge in [-0.1, -0.05) is 247 Å². The summed E-state index contributed by atoms with van der Waals surface area (Å²) in [6.45, 7) is 11.4. The molecule has 0 amide bonds. The summed E-state index contributed by atoms with van der Waals surface area (Å²) in [5.41, 5.74) is 0. The van der Waals surface area contributed by atoms with Gasteiger partial charge in [0.25, 0.3) is 0 Å². The molecule has 0 fully saturated rings. The van der Waals surface area contributed by atoms with Gasteiger partial charge < -0.3 is 14.2 Å². The SMILES string of the molecule is CCCCCCCCCCCCCCCC(=O)O[C@@H](COC(=O)CCCCCCCCCCCCC(C)C)COC(=O)CCCCCCCCCCCCC(C)CC. The molecule has 0 bridgehead atoms. The molecule has 0 aliphatic carbocycles. The largest absolute Gasteiger partial charge is 0.462 e. The summed E-state index contributed by atoms with van der Waals surface area (Å²) in [5.74, 6) is 0.839. The molecule has 2 atom stereocenters. The van der Waals surface area contributed by atoms with Crippen LogP contribution < -0.4 is 0 Å². The van der Waals surface area contributed by atoms with Crippen LogP contribution in [0.4, 0.5) is 0 Å². The van der Waals surface area contributed by atoms with Crippen LogP contribution >= 0.6 is 0 Å². The highest BCUT2D eigenvalue weighted by atomic mass is 16.6. The highest BCUT2D eigenvalue weighted by Crippen LogP contribution is 2.18. The molecule has 6 heteroatoms. The van der Waals surface area contributed by atoms with Gasteiger partial charge in [-0.2, -0.15) is 0 Å². The monoisotopic (exact) mass is 821 g/mol. The van der Waals surface area contributed by atoms with Crippen LogP contribution in [0.5, 0.6) is 0 Å². The van der Waals surface area contributed by atoms with Crippen molar-refractivity contribution < 1.29 is 28.6 Å². The van der Waals surface area contributed by atoms with Crippen LogP contribution in [0.3, 0.4) is 0 Å². The molecule has 58 heavy (non-hydrogen) atoms. The van der Waals surface area contributed by atoms with Gasteiger partial charge in [0.05, 0.1) is 0 Å². The number of unbranched alkanes of at least 4 members (excludes halogenated alkanes) is 30. The first-order valence-corrected chi connectivity index (χ1v) is 25.8. The van der Waals surface area contributed by atoms with Crippen molar-refractivity contribution in [2.75, 3.05) is 13.2 Å². The fourth-order valence-electron chi connectivity index (χ4n) is 7.78. The molecule has 0 N–H and O–H groups in total. The molecule has 0 heterocycles. The topological polar surface area (TPSA) is 78.9 Å². The van der Waals surface area contributed by atoms with Gasteiger partial charge in [-0.15, -0.1) is 0 Å². The fraction of sp³-hybridized carbons (Fsp3) is 0.942. The van der Waals surface area contributed by atoms with E-state index in [2.05, 4.69) is 34.6 Å². The van der Waals surface area contributed by atoms with Crippen molar-refractivity contribution in [3.05, 3.63) is 0 Å². The molecular weight excluding hydrogens is 721 g/mol. The molecular formula is C52H100O6. The van der Waals surface area contributed by atoms with Crippen LogP contribution in [0.25, 0.3) is 0 Å². The summed E-state index contributed by atoms with van der Waals surface area (Å²) >= 11 is 0. The fourth-order valence-corrected chi connectivity index (χ4v) is 7.78. The van der Waals surface area contributed by atoms with E-state index in [-0.39, 0.29) is 31.1 Å². The lowest BCUT2D eigenvalue weighted by Crippen LogP contribution is -2.30. The first-order chi connectivity index (χ1) is 28.3. The molecule has 0 aromatic heterocycles. The van der Waals surface area contributed by atoms with E-state index in [0.29, 0.717) is 19.3 Å². The molecule has 0 aliphatic rings. The molecule has 0 aromatic rings. The Morgan fingerprint density at radius 2 is 0.655 bits per heavy atom. The van der Waals surface area contributed by atoms with Crippen LogP contribution in [-0.4, -0.2) is 37.2 Å². The predicted molar refractivity (Wildman–Crippen MR) is 247 cm³/mol. The summed E-state index contributed by atoms with van der Waals surface area (Å²) in [6, 6.07) is 0. The lowest BCUT2D eigenvalue weighted by Gasteiger charge is -2.18. The van der Waals surface area contributed by atoms with E-state index in [1.165, 1.54) is 173 Å². The smallest absolute Gasteiger partial charge is 0.306 e. The average Bonchev–Trinajstić information content (AvgIpc) is 3.21. The molecule has 0 aromatic carbocycles. The normalized spacial score (nSPS) is 12.5. The average molecular weight is 821 g/mol. The van der Waals surface area contributed by atoms with E-state index in [1.54, 1.807) is 0 Å². The van der Waals surface area contributed by atoms with E-state index < -0.39 is 6.10 Å². The van der Waals surface area contributed by atoms with Crippen LogP contribution in [0.15, 0.2) is 0 Å². The number of carbonyl (C=O) groups is 3. The Hall–Kier alpha value is -1.59. The number of esters is 3. The predicted octanol–water partition coefficient (Wildman–Crippen LogP) is 16.5. The van der Waals surface area contributed by atoms with Crippen LogP contribution in [-0.2, 0) is 28.6 Å². The maximum absolute atomic E-state index is 12.8. The zero-order chi connectivity index (χ0) is 42.6. The van der Waals surface area contributed by atoms with Gasteiger partial charge in [0.1, 0.15) is 13.2 Å². The summed E-state index contributed by atoms with van der Waals surface area (Å²) in [7, 11) is 0. The van der Waals surface area contributed by atoms with Gasteiger partial charge in [0.2, 0.25) is 0 Å². The third kappa shape index (κ3) is 44.0. The van der Waals surface area contributed by atoms with Crippen LogP contribution in [0.1, 0.15) is 285 Å². The van der Waals surface area contributed by atoms with E-state index in [0.717, 1.165) is 69.6 Å². The first kappa shape index (κ1) is 56.4. The van der Waals surface area contributed by atoms with Crippen molar-refractivity contribution >= 4 is 17.9 Å². The lowest BCUT2D eigenvalue weighted by atomic mass is 9.99. The standard InChI is InChI=1S/C52H100O6/c1-6-8-9-10-11-12-13-14-15-24-29-34-39-44-52(55)58-49(45-56-50(53)42-37-32-27-22-18-16-20-25-30-35-40-47(3)4)46-57-51(54)43-38-33-28-23-19-17-21-26-31-36-41-48(5)7-2/h47-49H,6-46H2,1-5H3/t48?,49-/m0/s1. The highest BCUT2D eigenvalue weighted by Gasteiger charge is 2.19. The third-order valence-corrected chi connectivity index (χ3v) is 12.1. The Kier molecular flexibility index (Phi) is 43.7. The summed E-state index contributed by atoms with van der Waals surface area (Å²) < 4.78 is 16.8. The summed E-state index contributed by atoms with van der Waals surface area (Å²) in [6.07, 6.45) is 45.0. The van der Waals surface area contributed by atoms with Crippen molar-refractivity contribution in [3.63, 3.8) is 0 Å². The summed E-state index contributed by atoms with van der Waals surface area (Å²) in [4.78, 5) is 37.9. The van der Waals surface area contributed by atoms with E-state index in [4.69, 9.17) is 14.2 Å². The van der Waals surface area contributed by atoms with Gasteiger partial charge in [-0.05, 0) is 31.1 Å². The summed E-state index contributed by atoms with van der Waals surface area (Å²) in [5, 5.41) is 0. The van der Waals surface area contributed by atoms with Crippen molar-refractivity contribution in [2.24, 2.45) is 11.8 Å². The number of ether oxygens (including phenoxy) is 3. The second-order valence-corrected chi connectivity index (χ2v) is 18.5. The van der Waals surface area contributed by atoms with E-state index >= 15 is 0 Å². The quantitative estimate of drug-likeness (QED) is 0.0346. The second-order valence-electron chi connectivity index (χ2n) is 18.5. The number of carbonyl (C=O) groups excluding carboxylic acids is 3. The van der Waals surface area contributed by atoms with Gasteiger partial charge >= 0.3 is 17.9 Å². The van der Waals surface area contributed by atoms with Crippen molar-refractivity contribution in [1.29, 1.82) is 0 Å². The minimum absolute atomic E-state index is 0.0639. The molecule has 0 radical (unpaired) electrons. The molecule has 1 unspecified atom stereocenters. The number of rotatable bonds is 46. The third-order valence-electron chi connectivity index (χ3n) is 12.1. The van der Waals surface area contributed by atoms with Gasteiger partial charge in [0, 0.05) is 19.3 Å². The molecule has 0 saturated heterocycles. The zero-order valence-corrected chi connectivity index (χ0v) is 39.7. The minimum atomic E-state index is -0.761. The Morgan fingerprint density at radius 1 is 0.362 bits per heavy atom. The maximum atomic E-state index is 12.8. The minimum Gasteiger partial charge on any atom is -0.462 e. The van der Waals surface area contributed by atoms with Gasteiger partial charge in [0.15, 0.2) is 6.10 Å². The van der Waals surface area contributed by atoms with Crippen LogP contribution in [0, 0.1) is 11.8 Å². The van der Waals surface area contributed by atoms with Crippen molar-refractivity contribution in [2.45, 2.75) is 291 Å². The van der Waals surface area contributed by atoms with Gasteiger partial charge in [-0.3, -0.25) is 14.4 Å². The van der Waals surface area contributed by atoms with Gasteiger partial charge in [-0.25, -0.2) is 0 Å². The zero-order valence-electron chi connectivity index (χ0n) is 39.7. The van der Waals surface area contributed by atoms with E-state index in [9.17, 15) is 14.4 Å². The molecule has 6 nitrogen and oxygen atoms in total. The maximum Gasteiger partial charge on any atom is 0.306 e.